The number of fused-ring (bicyclic) bond motifs is 3. The van der Waals surface area contributed by atoms with E-state index in [2.05, 4.69) is 125 Å². The summed E-state index contributed by atoms with van der Waals surface area (Å²) in [7, 11) is 2.33. The Hall–Kier alpha value is -3.22. The highest BCUT2D eigenvalue weighted by Gasteiger charge is 2.46. The van der Waals surface area contributed by atoms with Crippen LogP contribution in [-0.4, -0.2) is 48.6 Å². The van der Waals surface area contributed by atoms with E-state index in [0.29, 0.717) is 41.9 Å². The molecule has 5 nitrogen and oxygen atoms in total. The van der Waals surface area contributed by atoms with Crippen LogP contribution in [-0.2, 0) is 4.74 Å². The number of allylic oxidation sites excluding steroid dienone is 14. The molecule has 6 aliphatic carbocycles. The van der Waals surface area contributed by atoms with Crippen molar-refractivity contribution < 1.29 is 4.74 Å². The van der Waals surface area contributed by atoms with Gasteiger partial charge in [0, 0.05) is 23.9 Å². The predicted molar refractivity (Wildman–Crippen MR) is 205 cm³/mol. The average molecular weight is 669 g/mol. The molecule has 262 valence electrons. The lowest BCUT2D eigenvalue weighted by molar-refractivity contribution is 0.0855. The number of hydrogen-bond acceptors (Lipinski definition) is 5. The zero-order valence-electron chi connectivity index (χ0n) is 29.9. The standard InChI is InChI=1S/C45H56N4O/c1-49-44(32-18-9-4-10-19-32)47-43(31-16-7-3-8-17-31)48-45(49)34-24-26-35(40-22-13-21-39(46-40)30-14-5-2-6-15-30)37(29-34)33-25-27-42-38(28-33)36-20-11-12-23-41(36)50-42/h2,4-5,7,9,11,13-14,16-18,20,22,24-25,27,35-41,43-48H,3,6,8,10,12,15,19,21,23,26,28-29H2,1H3. The monoisotopic (exact) mass is 668 g/mol. The molecule has 2 fully saturated rings. The van der Waals surface area contributed by atoms with Crippen molar-refractivity contribution in [3.8, 4) is 0 Å². The van der Waals surface area contributed by atoms with E-state index < -0.39 is 0 Å². The maximum atomic E-state index is 6.57. The molecule has 0 aromatic heterocycles. The third kappa shape index (κ3) is 6.40. The maximum Gasteiger partial charge on any atom is 0.105 e. The highest BCUT2D eigenvalue weighted by atomic mass is 16.5. The Kier molecular flexibility index (Phi) is 9.42. The van der Waals surface area contributed by atoms with Crippen LogP contribution in [0.3, 0.4) is 0 Å². The lowest BCUT2D eigenvalue weighted by Crippen LogP contribution is -2.69. The molecule has 0 radical (unpaired) electrons. The Morgan fingerprint density at radius 2 is 1.50 bits per heavy atom. The summed E-state index contributed by atoms with van der Waals surface area (Å²) >= 11 is 0. The van der Waals surface area contributed by atoms with Gasteiger partial charge in [0.2, 0.25) is 0 Å². The van der Waals surface area contributed by atoms with Crippen molar-refractivity contribution in [2.45, 2.75) is 114 Å². The van der Waals surface area contributed by atoms with Crippen molar-refractivity contribution in [2.24, 2.45) is 23.7 Å². The fraction of sp³-hybridized carbons (Fsp3) is 0.511. The molecule has 0 saturated carbocycles. The largest absolute Gasteiger partial charge is 0.494 e. The third-order valence-electron chi connectivity index (χ3n) is 13.2. The normalized spacial score (nSPS) is 39.7. The zero-order valence-corrected chi connectivity index (χ0v) is 29.9. The van der Waals surface area contributed by atoms with E-state index in [1.54, 1.807) is 16.7 Å². The van der Waals surface area contributed by atoms with E-state index in [0.717, 1.165) is 70.6 Å². The Bertz CT molecular complexity index is 1660. The molecule has 9 rings (SSSR count). The Balaban J connectivity index is 1.03. The second-order valence-electron chi connectivity index (χ2n) is 16.1. The molecule has 3 aliphatic heterocycles. The van der Waals surface area contributed by atoms with Gasteiger partial charge in [-0.15, -0.1) is 0 Å². The molecule has 0 amide bonds. The molecule has 3 N–H and O–H groups in total. The fourth-order valence-electron chi connectivity index (χ4n) is 10.5. The van der Waals surface area contributed by atoms with Crippen molar-refractivity contribution in [3.05, 3.63) is 131 Å². The highest BCUT2D eigenvalue weighted by Crippen LogP contribution is 2.50. The summed E-state index contributed by atoms with van der Waals surface area (Å²) in [5, 5.41) is 12.4. The summed E-state index contributed by atoms with van der Waals surface area (Å²) in [4.78, 5) is 2.59. The van der Waals surface area contributed by atoms with Crippen LogP contribution in [0.4, 0.5) is 0 Å². The first-order valence-electron chi connectivity index (χ1n) is 19.9. The van der Waals surface area contributed by atoms with E-state index in [1.807, 2.05) is 0 Å². The molecule has 0 aromatic carbocycles. The van der Waals surface area contributed by atoms with Crippen LogP contribution in [0.25, 0.3) is 0 Å². The Labute approximate surface area is 300 Å². The van der Waals surface area contributed by atoms with Crippen LogP contribution >= 0.6 is 0 Å². The van der Waals surface area contributed by atoms with Gasteiger partial charge in [0.1, 0.15) is 11.9 Å². The molecule has 2 saturated heterocycles. The van der Waals surface area contributed by atoms with Crippen LogP contribution in [0.2, 0.25) is 0 Å². The summed E-state index contributed by atoms with van der Waals surface area (Å²) in [5.74, 6) is 3.24. The summed E-state index contributed by atoms with van der Waals surface area (Å²) in [6, 6.07) is 0.810. The first-order valence-corrected chi connectivity index (χ1v) is 19.9. The smallest absolute Gasteiger partial charge is 0.105 e. The van der Waals surface area contributed by atoms with Gasteiger partial charge in [0.05, 0.1) is 18.5 Å². The quantitative estimate of drug-likeness (QED) is 0.249. The molecule has 10 atom stereocenters. The summed E-state index contributed by atoms with van der Waals surface area (Å²) in [6.45, 7) is 0. The molecular formula is C45H56N4O. The maximum absolute atomic E-state index is 6.57. The molecule has 5 heteroatoms. The average Bonchev–Trinajstić information content (AvgIpc) is 3.57. The molecule has 50 heavy (non-hydrogen) atoms. The summed E-state index contributed by atoms with van der Waals surface area (Å²) in [6.07, 6.45) is 52.8. The minimum Gasteiger partial charge on any atom is -0.494 e. The summed E-state index contributed by atoms with van der Waals surface area (Å²) in [5.41, 5.74) is 7.65. The molecular weight excluding hydrogens is 613 g/mol. The highest BCUT2D eigenvalue weighted by molar-refractivity contribution is 5.37. The molecule has 9 aliphatic rings. The Morgan fingerprint density at radius 1 is 0.680 bits per heavy atom. The second kappa shape index (κ2) is 14.4. The van der Waals surface area contributed by atoms with Gasteiger partial charge in [0.25, 0.3) is 0 Å². The van der Waals surface area contributed by atoms with Crippen LogP contribution < -0.4 is 16.0 Å². The first kappa shape index (κ1) is 32.7. The topological polar surface area (TPSA) is 48.6 Å². The number of nitrogens with zero attached hydrogens (tertiary/aromatic N) is 1. The van der Waals surface area contributed by atoms with Gasteiger partial charge in [-0.3, -0.25) is 15.5 Å². The minimum absolute atomic E-state index is 0.133. The van der Waals surface area contributed by atoms with Crippen LogP contribution in [0, 0.1) is 23.7 Å². The van der Waals surface area contributed by atoms with E-state index in [4.69, 9.17) is 4.74 Å². The SMILES string of the molecule is CN1C(C2=CC=CCC2)NC(C2=CCCC=C2)NC1C1=CCC(C2C=CCC(C3=CC=CCC3)N2)C(C2=CC=C3OC4CCC=CC4C3C2)C1. The number of hydrogen-bond donors (Lipinski definition) is 3. The molecule has 0 aromatic rings. The van der Waals surface area contributed by atoms with E-state index in [9.17, 15) is 0 Å². The molecule has 3 heterocycles. The van der Waals surface area contributed by atoms with Gasteiger partial charge in [0.15, 0.2) is 0 Å². The molecule has 0 spiro atoms. The number of ether oxygens (including phenoxy) is 1. The number of nitrogens with one attached hydrogen (secondary N) is 3. The van der Waals surface area contributed by atoms with Crippen LogP contribution in [0.1, 0.15) is 77.0 Å². The fourth-order valence-corrected chi connectivity index (χ4v) is 10.5. The molecule has 0 bridgehead atoms. The Morgan fingerprint density at radius 3 is 2.30 bits per heavy atom. The van der Waals surface area contributed by atoms with Crippen molar-refractivity contribution in [3.63, 3.8) is 0 Å². The predicted octanol–water partition coefficient (Wildman–Crippen LogP) is 8.35. The van der Waals surface area contributed by atoms with Gasteiger partial charge in [-0.1, -0.05) is 102 Å². The zero-order chi connectivity index (χ0) is 33.4. The van der Waals surface area contributed by atoms with Gasteiger partial charge in [-0.05, 0) is 119 Å². The number of likely N-dealkylation sites (N-methyl/N-ethyl adjacent to an activating group) is 1. The van der Waals surface area contributed by atoms with Crippen LogP contribution in [0.5, 0.6) is 0 Å². The summed E-state index contributed by atoms with van der Waals surface area (Å²) < 4.78 is 6.57. The van der Waals surface area contributed by atoms with E-state index in [1.165, 1.54) is 23.3 Å². The van der Waals surface area contributed by atoms with Gasteiger partial charge >= 0.3 is 0 Å². The van der Waals surface area contributed by atoms with Crippen molar-refractivity contribution in [2.75, 3.05) is 7.05 Å². The minimum atomic E-state index is 0.133. The molecule has 10 unspecified atom stereocenters. The second-order valence-corrected chi connectivity index (χ2v) is 16.1. The van der Waals surface area contributed by atoms with E-state index in [-0.39, 0.29) is 18.5 Å². The van der Waals surface area contributed by atoms with Crippen molar-refractivity contribution in [1.29, 1.82) is 0 Å². The van der Waals surface area contributed by atoms with Crippen molar-refractivity contribution in [1.82, 2.24) is 20.9 Å². The third-order valence-corrected chi connectivity index (χ3v) is 13.2. The van der Waals surface area contributed by atoms with E-state index >= 15 is 0 Å². The lowest BCUT2D eigenvalue weighted by Gasteiger charge is -2.50. The van der Waals surface area contributed by atoms with Gasteiger partial charge < -0.3 is 10.1 Å². The van der Waals surface area contributed by atoms with Gasteiger partial charge in [-0.25, -0.2) is 0 Å². The number of rotatable bonds is 6. The first-order chi connectivity index (χ1) is 24.7. The van der Waals surface area contributed by atoms with Crippen LogP contribution in [0.15, 0.2) is 131 Å². The lowest BCUT2D eigenvalue weighted by atomic mass is 9.67. The van der Waals surface area contributed by atoms with Crippen molar-refractivity contribution >= 4 is 0 Å². The van der Waals surface area contributed by atoms with Gasteiger partial charge in [-0.2, -0.15) is 0 Å².